The van der Waals surface area contributed by atoms with E-state index in [0.29, 0.717) is 6.61 Å². The molecule has 5 radical (unpaired) electrons. The minimum Gasteiger partial charge on any atom is -0.462 e. The summed E-state index contributed by atoms with van der Waals surface area (Å²) in [6.07, 6.45) is 30.2. The molecule has 1 fully saturated rings. The van der Waals surface area contributed by atoms with E-state index in [-0.39, 0.29) is 5.57 Å². The number of nitrogens with zero attached hydrogens (tertiary/aromatic N) is 1. The molecule has 0 aromatic heterocycles. The molecule has 0 saturated heterocycles. The van der Waals surface area contributed by atoms with Crippen LogP contribution < -0.4 is 0 Å². The Morgan fingerprint density at radius 1 is 0.800 bits per heavy atom. The van der Waals surface area contributed by atoms with Crippen LogP contribution in [-0.2, 0) is 9.53 Å². The van der Waals surface area contributed by atoms with Crippen LogP contribution in [0, 0.1) is 42.9 Å². The zero-order valence-corrected chi connectivity index (χ0v) is 19.2. The third kappa shape index (κ3) is 14.6. The average molecular weight is 413 g/mol. The van der Waals surface area contributed by atoms with Crippen molar-refractivity contribution in [1.82, 2.24) is 0 Å². The maximum absolute atomic E-state index is 11.9. The highest BCUT2D eigenvalue weighted by Gasteiger charge is 2.18. The van der Waals surface area contributed by atoms with Crippen molar-refractivity contribution >= 4 is 5.97 Å². The molecule has 0 aromatic rings. The standard InChI is InChI=1S/C27H42NO2/c1-2-3-4-5-6-7-8-9-10-11-12-13-14-15-16-19-22-30-27(29)26(24-28)23-25-20-17-18-21-25/h17-18,20-21,23H,2-16,19,22H2,1H3/b26-23+. The second-order valence-corrected chi connectivity index (χ2v) is 8.33. The number of rotatable bonds is 19. The summed E-state index contributed by atoms with van der Waals surface area (Å²) >= 11 is 0. The van der Waals surface area contributed by atoms with E-state index in [4.69, 9.17) is 10.00 Å². The van der Waals surface area contributed by atoms with Crippen molar-refractivity contribution in [3.8, 4) is 6.07 Å². The summed E-state index contributed by atoms with van der Waals surface area (Å²) in [5.41, 5.74) is 0.0673. The van der Waals surface area contributed by atoms with Gasteiger partial charge in [0.2, 0.25) is 0 Å². The maximum atomic E-state index is 11.9. The Labute approximate surface area is 186 Å². The fourth-order valence-corrected chi connectivity index (χ4v) is 3.68. The van der Waals surface area contributed by atoms with Crippen LogP contribution in [0.5, 0.6) is 0 Å². The second kappa shape index (κ2) is 19.7. The van der Waals surface area contributed by atoms with Gasteiger partial charge >= 0.3 is 5.97 Å². The lowest BCUT2D eigenvalue weighted by Crippen LogP contribution is -2.09. The van der Waals surface area contributed by atoms with Crippen LogP contribution >= 0.6 is 0 Å². The molecule has 0 aliphatic heterocycles. The lowest BCUT2D eigenvalue weighted by atomic mass is 10.0. The third-order valence-electron chi connectivity index (χ3n) is 5.57. The summed E-state index contributed by atoms with van der Waals surface area (Å²) in [6.45, 7) is 2.67. The van der Waals surface area contributed by atoms with Gasteiger partial charge in [-0.3, -0.25) is 0 Å². The molecule has 3 heteroatoms. The Kier molecular flexibility index (Phi) is 17.5. The number of nitriles is 1. The molecule has 30 heavy (non-hydrogen) atoms. The van der Waals surface area contributed by atoms with Crippen LogP contribution in [0.4, 0.5) is 0 Å². The van der Waals surface area contributed by atoms with Crippen molar-refractivity contribution in [3.63, 3.8) is 0 Å². The molecule has 0 atom stereocenters. The number of carbonyl (C=O) groups excluding carboxylic acids is 1. The molecular formula is C27H42NO2. The topological polar surface area (TPSA) is 50.1 Å². The van der Waals surface area contributed by atoms with Gasteiger partial charge in [0, 0.05) is 5.92 Å². The van der Waals surface area contributed by atoms with E-state index in [2.05, 4.69) is 6.92 Å². The van der Waals surface area contributed by atoms with Crippen molar-refractivity contribution < 1.29 is 9.53 Å². The van der Waals surface area contributed by atoms with Gasteiger partial charge < -0.3 is 4.74 Å². The molecule has 1 rings (SSSR count). The van der Waals surface area contributed by atoms with Gasteiger partial charge in [-0.15, -0.1) is 0 Å². The lowest BCUT2D eigenvalue weighted by molar-refractivity contribution is -0.138. The Morgan fingerprint density at radius 2 is 1.23 bits per heavy atom. The van der Waals surface area contributed by atoms with E-state index in [1.165, 1.54) is 89.9 Å². The van der Waals surface area contributed by atoms with Gasteiger partial charge in [-0.1, -0.05) is 109 Å². The summed E-state index contributed by atoms with van der Waals surface area (Å²) in [7, 11) is 0. The van der Waals surface area contributed by atoms with E-state index in [9.17, 15) is 4.79 Å². The van der Waals surface area contributed by atoms with Crippen LogP contribution in [0.3, 0.4) is 0 Å². The van der Waals surface area contributed by atoms with E-state index in [1.54, 1.807) is 6.08 Å². The highest BCUT2D eigenvalue weighted by molar-refractivity contribution is 5.93. The summed E-state index contributed by atoms with van der Waals surface area (Å²) < 4.78 is 5.23. The summed E-state index contributed by atoms with van der Waals surface area (Å²) in [4.78, 5) is 11.9. The number of ether oxygens (including phenoxy) is 1. The molecule has 167 valence electrons. The molecule has 1 aliphatic carbocycles. The quantitative estimate of drug-likeness (QED) is 0.0947. The van der Waals surface area contributed by atoms with E-state index in [1.807, 2.05) is 31.8 Å². The van der Waals surface area contributed by atoms with E-state index in [0.717, 1.165) is 18.8 Å². The van der Waals surface area contributed by atoms with Crippen LogP contribution in [0.1, 0.15) is 110 Å². The van der Waals surface area contributed by atoms with Crippen LogP contribution in [0.25, 0.3) is 0 Å². The molecule has 0 unspecified atom stereocenters. The third-order valence-corrected chi connectivity index (χ3v) is 5.57. The fraction of sp³-hybridized carbons (Fsp3) is 0.667. The lowest BCUT2D eigenvalue weighted by Gasteiger charge is -2.06. The first-order chi connectivity index (χ1) is 14.8. The van der Waals surface area contributed by atoms with Gasteiger partial charge in [0.05, 0.1) is 6.61 Å². The van der Waals surface area contributed by atoms with Gasteiger partial charge in [-0.25, -0.2) is 4.79 Å². The first-order valence-corrected chi connectivity index (χ1v) is 12.3. The van der Waals surface area contributed by atoms with Crippen LogP contribution in [0.15, 0.2) is 11.6 Å². The average Bonchev–Trinajstić information content (AvgIpc) is 3.27. The van der Waals surface area contributed by atoms with E-state index < -0.39 is 5.97 Å². The molecule has 0 bridgehead atoms. The number of esters is 1. The number of hydrogen-bond donors (Lipinski definition) is 0. The monoisotopic (exact) mass is 412 g/mol. The molecule has 0 heterocycles. The van der Waals surface area contributed by atoms with Crippen molar-refractivity contribution in [2.24, 2.45) is 0 Å². The minimum absolute atomic E-state index is 0.0673. The highest BCUT2D eigenvalue weighted by atomic mass is 16.5. The largest absolute Gasteiger partial charge is 0.462 e. The van der Waals surface area contributed by atoms with Crippen molar-refractivity contribution in [2.45, 2.75) is 110 Å². The summed E-state index contributed by atoms with van der Waals surface area (Å²) in [5.74, 6) is 0.338. The zero-order valence-electron chi connectivity index (χ0n) is 19.2. The molecule has 0 spiro atoms. The maximum Gasteiger partial charge on any atom is 0.348 e. The van der Waals surface area contributed by atoms with Gasteiger partial charge in [0.25, 0.3) is 0 Å². The van der Waals surface area contributed by atoms with Gasteiger partial charge in [0.15, 0.2) is 0 Å². The first kappa shape index (κ1) is 26.7. The Hall–Kier alpha value is -1.30. The predicted molar refractivity (Wildman–Crippen MR) is 125 cm³/mol. The number of allylic oxidation sites excluding steroid dienone is 1. The van der Waals surface area contributed by atoms with Crippen molar-refractivity contribution in [1.29, 1.82) is 5.26 Å². The SMILES string of the molecule is CCCCCCCCCCCCCCCCCCOC(=O)/C(C#N)=C/[C]1[CH][CH][CH][CH]1. The summed E-state index contributed by atoms with van der Waals surface area (Å²) in [5, 5.41) is 9.12. The Morgan fingerprint density at radius 3 is 1.67 bits per heavy atom. The fourth-order valence-electron chi connectivity index (χ4n) is 3.68. The molecule has 1 aliphatic rings. The molecule has 0 N–H and O–H groups in total. The number of carbonyl (C=O) groups is 1. The van der Waals surface area contributed by atoms with Gasteiger partial charge in [-0.2, -0.15) is 5.26 Å². The van der Waals surface area contributed by atoms with Crippen molar-refractivity contribution in [2.75, 3.05) is 6.61 Å². The van der Waals surface area contributed by atoms with Crippen LogP contribution in [0.2, 0.25) is 0 Å². The van der Waals surface area contributed by atoms with Gasteiger partial charge in [0.1, 0.15) is 11.6 Å². The van der Waals surface area contributed by atoms with Gasteiger partial charge in [-0.05, 0) is 32.1 Å². The predicted octanol–water partition coefficient (Wildman–Crippen LogP) is 7.65. The molecular weight excluding hydrogens is 370 g/mol. The first-order valence-electron chi connectivity index (χ1n) is 12.3. The summed E-state index contributed by atoms with van der Waals surface area (Å²) in [6, 6.07) is 1.93. The Balaban J connectivity index is 1.84. The molecule has 1 saturated carbocycles. The highest BCUT2D eigenvalue weighted by Crippen LogP contribution is 2.25. The molecule has 3 nitrogen and oxygen atoms in total. The van der Waals surface area contributed by atoms with E-state index >= 15 is 0 Å². The van der Waals surface area contributed by atoms with Crippen molar-refractivity contribution in [3.05, 3.63) is 43.3 Å². The zero-order chi connectivity index (χ0) is 21.7. The minimum atomic E-state index is -0.514. The normalized spacial score (nSPS) is 14.7. The smallest absolute Gasteiger partial charge is 0.348 e. The molecule has 0 aromatic carbocycles. The number of hydrogen-bond acceptors (Lipinski definition) is 3. The Bertz CT molecular complexity index is 486. The number of unbranched alkanes of at least 4 members (excludes halogenated alkanes) is 15. The van der Waals surface area contributed by atoms with Crippen LogP contribution in [-0.4, -0.2) is 12.6 Å². The molecule has 0 amide bonds. The second-order valence-electron chi connectivity index (χ2n) is 8.33.